The summed E-state index contributed by atoms with van der Waals surface area (Å²) >= 11 is 0. The molecule has 0 radical (unpaired) electrons. The Labute approximate surface area is 215 Å². The molecule has 1 unspecified atom stereocenters. The second kappa shape index (κ2) is 10.0. The van der Waals surface area contributed by atoms with E-state index in [-0.39, 0.29) is 23.8 Å². The van der Waals surface area contributed by atoms with Crippen LogP contribution in [0.4, 0.5) is 14.9 Å². The summed E-state index contributed by atoms with van der Waals surface area (Å²) in [5.41, 5.74) is 4.25. The van der Waals surface area contributed by atoms with Crippen molar-refractivity contribution in [1.82, 2.24) is 9.55 Å². The molecular weight excluding hydrogens is 477 g/mol. The summed E-state index contributed by atoms with van der Waals surface area (Å²) < 4.78 is 27.0. The summed E-state index contributed by atoms with van der Waals surface area (Å²) in [7, 11) is 2.94. The Kier molecular flexibility index (Phi) is 6.79. The Morgan fingerprint density at radius 1 is 1.11 bits per heavy atom. The molecule has 196 valence electrons. The first kappa shape index (κ1) is 25.0. The zero-order valence-electron chi connectivity index (χ0n) is 21.4. The van der Waals surface area contributed by atoms with E-state index < -0.39 is 12.1 Å². The van der Waals surface area contributed by atoms with Crippen LogP contribution in [0.15, 0.2) is 30.3 Å². The molecule has 8 nitrogen and oxygen atoms in total. The standard InChI is InChI=1S/C28H32FN3O5/c1-16-4-10-21-22(31(16)28(35)37-3)11-12-23-26(21)30-25(15-18-14-19(29)7-13-24(18)36-2)32(23)20-8-5-17(6-9-20)27(33)34/h7,11-14,16-17,20H,4-6,8-10,15H2,1-3H3,(H,33,34). The lowest BCUT2D eigenvalue weighted by Crippen LogP contribution is -2.42. The van der Waals surface area contributed by atoms with Crippen molar-refractivity contribution >= 4 is 28.8 Å². The maximum absolute atomic E-state index is 14.2. The third-order valence-corrected chi connectivity index (χ3v) is 7.90. The molecular formula is C28H32FN3O5. The van der Waals surface area contributed by atoms with Gasteiger partial charge in [-0.25, -0.2) is 14.2 Å². The summed E-state index contributed by atoms with van der Waals surface area (Å²) in [6.45, 7) is 2.01. The van der Waals surface area contributed by atoms with E-state index in [4.69, 9.17) is 14.5 Å². The normalized spacial score (nSPS) is 21.5. The highest BCUT2D eigenvalue weighted by Crippen LogP contribution is 2.41. The number of hydrogen-bond donors (Lipinski definition) is 1. The van der Waals surface area contributed by atoms with Crippen LogP contribution < -0.4 is 9.64 Å². The van der Waals surface area contributed by atoms with Crippen LogP contribution in [-0.4, -0.2) is 47.0 Å². The van der Waals surface area contributed by atoms with E-state index in [9.17, 15) is 19.1 Å². The van der Waals surface area contributed by atoms with E-state index in [2.05, 4.69) is 4.57 Å². The number of anilines is 1. The molecule has 0 saturated heterocycles. The molecule has 1 aromatic heterocycles. The fourth-order valence-electron chi connectivity index (χ4n) is 5.99. The maximum Gasteiger partial charge on any atom is 0.414 e. The second-order valence-corrected chi connectivity index (χ2v) is 10.0. The number of carbonyl (C=O) groups is 2. The number of hydrogen-bond acceptors (Lipinski definition) is 5. The first-order valence-electron chi connectivity index (χ1n) is 12.8. The topological polar surface area (TPSA) is 93.9 Å². The van der Waals surface area contributed by atoms with Crippen molar-refractivity contribution in [2.45, 2.75) is 64.0 Å². The summed E-state index contributed by atoms with van der Waals surface area (Å²) in [6.07, 6.45) is 4.15. The van der Waals surface area contributed by atoms with Crippen molar-refractivity contribution in [2.75, 3.05) is 19.1 Å². The predicted molar refractivity (Wildman–Crippen MR) is 137 cm³/mol. The summed E-state index contributed by atoms with van der Waals surface area (Å²) in [4.78, 5) is 30.9. The Morgan fingerprint density at radius 3 is 2.54 bits per heavy atom. The van der Waals surface area contributed by atoms with Crippen molar-refractivity contribution < 1.29 is 28.6 Å². The highest BCUT2D eigenvalue weighted by atomic mass is 19.1. The van der Waals surface area contributed by atoms with Crippen LogP contribution in [0.2, 0.25) is 0 Å². The lowest BCUT2D eigenvalue weighted by molar-refractivity contribution is -0.143. The van der Waals surface area contributed by atoms with Crippen molar-refractivity contribution in [2.24, 2.45) is 5.92 Å². The number of nitrogens with zero attached hydrogens (tertiary/aromatic N) is 3. The first-order valence-corrected chi connectivity index (χ1v) is 12.8. The number of halogens is 1. The molecule has 0 spiro atoms. The van der Waals surface area contributed by atoms with Gasteiger partial charge in [-0.05, 0) is 75.8 Å². The number of imidazole rings is 1. The summed E-state index contributed by atoms with van der Waals surface area (Å²) in [6, 6.07) is 8.49. The lowest BCUT2D eigenvalue weighted by atomic mass is 9.85. The second-order valence-electron chi connectivity index (χ2n) is 10.0. The van der Waals surface area contributed by atoms with Gasteiger partial charge in [0.15, 0.2) is 0 Å². The van der Waals surface area contributed by atoms with E-state index in [1.807, 2.05) is 19.1 Å². The largest absolute Gasteiger partial charge is 0.496 e. The monoisotopic (exact) mass is 509 g/mol. The predicted octanol–water partition coefficient (Wildman–Crippen LogP) is 5.50. The molecule has 2 aromatic carbocycles. The Hall–Kier alpha value is -3.62. The van der Waals surface area contributed by atoms with Crippen LogP contribution in [-0.2, 0) is 22.4 Å². The summed E-state index contributed by atoms with van der Waals surface area (Å²) in [5, 5.41) is 9.49. The molecule has 1 aliphatic carbocycles. The fourth-order valence-corrected chi connectivity index (χ4v) is 5.99. The highest BCUT2D eigenvalue weighted by Gasteiger charge is 2.33. The number of ether oxygens (including phenoxy) is 2. The Bertz CT molecular complexity index is 1350. The van der Waals surface area contributed by atoms with Gasteiger partial charge >= 0.3 is 12.1 Å². The van der Waals surface area contributed by atoms with Gasteiger partial charge in [0.05, 0.1) is 36.9 Å². The zero-order valence-corrected chi connectivity index (χ0v) is 21.4. The Balaban J connectivity index is 1.64. The first-order chi connectivity index (χ1) is 17.8. The van der Waals surface area contributed by atoms with Crippen LogP contribution in [0.1, 0.15) is 62.0 Å². The van der Waals surface area contributed by atoms with E-state index in [1.165, 1.54) is 19.2 Å². The maximum atomic E-state index is 14.2. The third-order valence-electron chi connectivity index (χ3n) is 7.90. The zero-order chi connectivity index (χ0) is 26.3. The summed E-state index contributed by atoms with van der Waals surface area (Å²) in [5.74, 6) is -0.0671. The molecule has 1 N–H and O–H groups in total. The van der Waals surface area contributed by atoms with Crippen LogP contribution in [0.3, 0.4) is 0 Å². The number of fused-ring (bicyclic) bond motifs is 3. The van der Waals surface area contributed by atoms with Gasteiger partial charge in [-0.15, -0.1) is 0 Å². The van der Waals surface area contributed by atoms with Gasteiger partial charge in [0.2, 0.25) is 0 Å². The SMILES string of the molecule is COC(=O)N1c2ccc3c(nc(Cc4cc(F)ccc4OC)n3C3CCC(C(=O)O)CC3)c2CCC1C. The molecule has 2 aliphatic rings. The van der Waals surface area contributed by atoms with Crippen LogP contribution in [0.25, 0.3) is 11.0 Å². The number of carboxylic acid groups (broad SMARTS) is 1. The van der Waals surface area contributed by atoms with Crippen LogP contribution in [0.5, 0.6) is 5.75 Å². The number of methoxy groups -OCH3 is 2. The number of aliphatic carboxylic acids is 1. The van der Waals surface area contributed by atoms with Crippen molar-refractivity contribution in [3.63, 3.8) is 0 Å². The third kappa shape index (κ3) is 4.51. The van der Waals surface area contributed by atoms with Gasteiger partial charge in [0.25, 0.3) is 0 Å². The van der Waals surface area contributed by atoms with Crippen LogP contribution >= 0.6 is 0 Å². The quantitative estimate of drug-likeness (QED) is 0.488. The number of benzene rings is 2. The number of aryl methyl sites for hydroxylation is 1. The van der Waals surface area contributed by atoms with Crippen molar-refractivity contribution in [1.29, 1.82) is 0 Å². The molecule has 5 rings (SSSR count). The van der Waals surface area contributed by atoms with E-state index >= 15 is 0 Å². The minimum atomic E-state index is -0.746. The number of carboxylic acids is 1. The Morgan fingerprint density at radius 2 is 1.86 bits per heavy atom. The van der Waals surface area contributed by atoms with Gasteiger partial charge in [0.1, 0.15) is 17.4 Å². The van der Waals surface area contributed by atoms with Gasteiger partial charge in [-0.3, -0.25) is 9.69 Å². The highest BCUT2D eigenvalue weighted by molar-refractivity contribution is 5.95. The molecule has 9 heteroatoms. The van der Waals surface area contributed by atoms with Gasteiger partial charge in [0, 0.05) is 29.6 Å². The smallest absolute Gasteiger partial charge is 0.414 e. The molecule has 1 amide bonds. The molecule has 1 atom stereocenters. The molecule has 1 saturated carbocycles. The van der Waals surface area contributed by atoms with Crippen LogP contribution in [0, 0.1) is 11.7 Å². The van der Waals surface area contributed by atoms with Gasteiger partial charge in [-0.1, -0.05) is 0 Å². The average molecular weight is 510 g/mol. The van der Waals surface area contributed by atoms with Crippen molar-refractivity contribution in [3.8, 4) is 5.75 Å². The number of carbonyl (C=O) groups excluding carboxylic acids is 1. The minimum Gasteiger partial charge on any atom is -0.496 e. The minimum absolute atomic E-state index is 0.00167. The number of amides is 1. The fraction of sp³-hybridized carbons (Fsp3) is 0.464. The number of aromatic nitrogens is 2. The molecule has 37 heavy (non-hydrogen) atoms. The van der Waals surface area contributed by atoms with Gasteiger partial charge < -0.3 is 19.1 Å². The molecule has 2 heterocycles. The molecule has 3 aromatic rings. The van der Waals surface area contributed by atoms with E-state index in [1.54, 1.807) is 18.1 Å². The average Bonchev–Trinajstić information content (AvgIpc) is 3.26. The van der Waals surface area contributed by atoms with E-state index in [0.717, 1.165) is 53.8 Å². The molecule has 1 aliphatic heterocycles. The molecule has 1 fully saturated rings. The van der Waals surface area contributed by atoms with Gasteiger partial charge in [-0.2, -0.15) is 0 Å². The number of rotatable bonds is 5. The van der Waals surface area contributed by atoms with Crippen molar-refractivity contribution in [3.05, 3.63) is 53.1 Å². The molecule has 0 bridgehead atoms. The van der Waals surface area contributed by atoms with E-state index in [0.29, 0.717) is 30.6 Å². The lowest BCUT2D eigenvalue weighted by Gasteiger charge is -2.34.